The minimum atomic E-state index is -0.179. The number of benzene rings is 2. The second-order valence-electron chi connectivity index (χ2n) is 6.99. The lowest BCUT2D eigenvalue weighted by atomic mass is 10.1. The van der Waals surface area contributed by atoms with Crippen molar-refractivity contribution in [3.63, 3.8) is 0 Å². The molecule has 1 fully saturated rings. The van der Waals surface area contributed by atoms with Crippen LogP contribution in [0.1, 0.15) is 5.56 Å². The van der Waals surface area contributed by atoms with E-state index < -0.39 is 0 Å². The zero-order valence-corrected chi connectivity index (χ0v) is 16.4. The van der Waals surface area contributed by atoms with E-state index in [1.165, 1.54) is 10.9 Å². The molecule has 2 N–H and O–H groups in total. The molecule has 0 radical (unpaired) electrons. The number of H-pyrrole nitrogens is 1. The van der Waals surface area contributed by atoms with Gasteiger partial charge in [0.15, 0.2) is 0 Å². The number of ether oxygens (including phenoxy) is 1. The van der Waals surface area contributed by atoms with E-state index >= 15 is 0 Å². The van der Waals surface area contributed by atoms with Crippen LogP contribution in [0.25, 0.3) is 10.9 Å². The number of amides is 3. The van der Waals surface area contributed by atoms with E-state index in [1.807, 2.05) is 48.7 Å². The molecule has 0 atom stereocenters. The number of hydrogen-bond acceptors (Lipinski definition) is 3. The lowest BCUT2D eigenvalue weighted by Crippen LogP contribution is -2.40. The zero-order valence-electron chi connectivity index (χ0n) is 16.4. The second kappa shape index (κ2) is 8.26. The number of anilines is 1. The first-order valence-corrected chi connectivity index (χ1v) is 9.68. The Bertz CT molecular complexity index is 1030. The number of para-hydroxylation sites is 3. The van der Waals surface area contributed by atoms with E-state index in [9.17, 15) is 9.59 Å². The number of hydrogen-bond donors (Lipinski definition) is 2. The molecule has 3 amide bonds. The summed E-state index contributed by atoms with van der Waals surface area (Å²) in [5.74, 6) is 0.492. The number of carbonyl (C=O) groups excluding carboxylic acids is 2. The van der Waals surface area contributed by atoms with Crippen LogP contribution in [0.4, 0.5) is 10.5 Å². The number of aromatic nitrogens is 1. The van der Waals surface area contributed by atoms with Crippen LogP contribution in [0.5, 0.6) is 5.75 Å². The average Bonchev–Trinajstić information content (AvgIpc) is 3.32. The predicted molar refractivity (Wildman–Crippen MR) is 112 cm³/mol. The van der Waals surface area contributed by atoms with Crippen LogP contribution >= 0.6 is 0 Å². The largest absolute Gasteiger partial charge is 0.495 e. The fourth-order valence-corrected chi connectivity index (χ4v) is 3.71. The molecule has 150 valence electrons. The van der Waals surface area contributed by atoms with Crippen molar-refractivity contribution < 1.29 is 14.3 Å². The molecule has 0 saturated carbocycles. The summed E-state index contributed by atoms with van der Waals surface area (Å²) >= 11 is 0. The Kier molecular flexibility index (Phi) is 5.37. The molecule has 3 aromatic rings. The molecular weight excluding hydrogens is 368 g/mol. The monoisotopic (exact) mass is 392 g/mol. The zero-order chi connectivity index (χ0) is 20.2. The van der Waals surface area contributed by atoms with Crippen LogP contribution in [0, 0.1) is 0 Å². The molecule has 7 nitrogen and oxygen atoms in total. The number of fused-ring (bicyclic) bond motifs is 1. The molecule has 29 heavy (non-hydrogen) atoms. The smallest absolute Gasteiger partial charge is 0.325 e. The SMILES string of the molecule is COc1ccccc1N1CCN(CC(=O)NCCc2c[nH]c3ccccc23)C1=O. The van der Waals surface area contributed by atoms with Crippen LogP contribution in [-0.2, 0) is 11.2 Å². The van der Waals surface area contributed by atoms with Gasteiger partial charge in [-0.3, -0.25) is 9.69 Å². The third-order valence-corrected chi connectivity index (χ3v) is 5.20. The number of nitrogens with one attached hydrogen (secondary N) is 2. The first-order valence-electron chi connectivity index (χ1n) is 9.68. The van der Waals surface area contributed by atoms with E-state index in [0.717, 1.165) is 17.6 Å². The third-order valence-electron chi connectivity index (χ3n) is 5.20. The molecular formula is C22H24N4O3. The highest BCUT2D eigenvalue weighted by atomic mass is 16.5. The van der Waals surface area contributed by atoms with Gasteiger partial charge in [-0.25, -0.2) is 4.79 Å². The average molecular weight is 392 g/mol. The molecule has 1 aromatic heterocycles. The Morgan fingerprint density at radius 2 is 1.93 bits per heavy atom. The maximum absolute atomic E-state index is 12.7. The van der Waals surface area contributed by atoms with Crippen molar-refractivity contribution in [3.8, 4) is 5.75 Å². The Hall–Kier alpha value is -3.48. The summed E-state index contributed by atoms with van der Waals surface area (Å²) in [4.78, 5) is 31.5. The van der Waals surface area contributed by atoms with E-state index in [4.69, 9.17) is 4.74 Å². The number of aromatic amines is 1. The Balaban J connectivity index is 1.30. The predicted octanol–water partition coefficient (Wildman–Crippen LogP) is 2.78. The van der Waals surface area contributed by atoms with Gasteiger partial charge in [0.2, 0.25) is 5.91 Å². The van der Waals surface area contributed by atoms with Crippen LogP contribution < -0.4 is 15.0 Å². The number of urea groups is 1. The maximum atomic E-state index is 12.7. The second-order valence-corrected chi connectivity index (χ2v) is 6.99. The number of carbonyl (C=O) groups is 2. The topological polar surface area (TPSA) is 77.7 Å². The van der Waals surface area contributed by atoms with Crippen molar-refractivity contribution in [2.24, 2.45) is 0 Å². The molecule has 7 heteroatoms. The minimum Gasteiger partial charge on any atom is -0.495 e. The first kappa shape index (κ1) is 18.9. The summed E-state index contributed by atoms with van der Waals surface area (Å²) in [6.07, 6.45) is 2.71. The molecule has 0 spiro atoms. The van der Waals surface area contributed by atoms with Gasteiger partial charge in [-0.1, -0.05) is 30.3 Å². The Morgan fingerprint density at radius 3 is 2.79 bits per heavy atom. The number of rotatable bonds is 7. The molecule has 0 bridgehead atoms. The van der Waals surface area contributed by atoms with Crippen molar-refractivity contribution in [1.82, 2.24) is 15.2 Å². The van der Waals surface area contributed by atoms with Gasteiger partial charge in [0.25, 0.3) is 0 Å². The number of nitrogens with zero attached hydrogens (tertiary/aromatic N) is 2. The van der Waals surface area contributed by atoms with Gasteiger partial charge in [-0.05, 0) is 30.2 Å². The van der Waals surface area contributed by atoms with Gasteiger partial charge in [0.05, 0.1) is 12.8 Å². The van der Waals surface area contributed by atoms with Crippen molar-refractivity contribution >= 4 is 28.5 Å². The first-order chi connectivity index (χ1) is 14.2. The highest BCUT2D eigenvalue weighted by Crippen LogP contribution is 2.30. The summed E-state index contributed by atoms with van der Waals surface area (Å²) in [6, 6.07) is 15.3. The summed E-state index contributed by atoms with van der Waals surface area (Å²) in [5.41, 5.74) is 2.98. The third kappa shape index (κ3) is 3.89. The van der Waals surface area contributed by atoms with Gasteiger partial charge in [0, 0.05) is 36.7 Å². The summed E-state index contributed by atoms with van der Waals surface area (Å²) < 4.78 is 5.35. The highest BCUT2D eigenvalue weighted by Gasteiger charge is 2.32. The normalized spacial score (nSPS) is 13.9. The van der Waals surface area contributed by atoms with Crippen LogP contribution in [0.15, 0.2) is 54.7 Å². The summed E-state index contributed by atoms with van der Waals surface area (Å²) in [5, 5.41) is 4.09. The molecule has 2 heterocycles. The molecule has 1 aliphatic heterocycles. The molecule has 0 aliphatic carbocycles. The van der Waals surface area contributed by atoms with E-state index in [2.05, 4.69) is 16.4 Å². The lowest BCUT2D eigenvalue weighted by Gasteiger charge is -2.20. The summed E-state index contributed by atoms with van der Waals surface area (Å²) in [7, 11) is 1.58. The summed E-state index contributed by atoms with van der Waals surface area (Å²) in [6.45, 7) is 1.62. The fraction of sp³-hybridized carbons (Fsp3) is 0.273. The van der Waals surface area contributed by atoms with Crippen molar-refractivity contribution in [1.29, 1.82) is 0 Å². The van der Waals surface area contributed by atoms with Gasteiger partial charge in [-0.2, -0.15) is 0 Å². The van der Waals surface area contributed by atoms with E-state index in [-0.39, 0.29) is 18.5 Å². The molecule has 0 unspecified atom stereocenters. The van der Waals surface area contributed by atoms with Gasteiger partial charge in [0.1, 0.15) is 12.3 Å². The van der Waals surface area contributed by atoms with Crippen LogP contribution in [0.3, 0.4) is 0 Å². The van der Waals surface area contributed by atoms with Gasteiger partial charge in [-0.15, -0.1) is 0 Å². The molecule has 1 saturated heterocycles. The van der Waals surface area contributed by atoms with Crippen molar-refractivity contribution in [3.05, 3.63) is 60.3 Å². The lowest BCUT2D eigenvalue weighted by molar-refractivity contribution is -0.121. The van der Waals surface area contributed by atoms with E-state index in [0.29, 0.717) is 25.4 Å². The molecule has 4 rings (SSSR count). The molecule has 2 aromatic carbocycles. The maximum Gasteiger partial charge on any atom is 0.325 e. The fourth-order valence-electron chi connectivity index (χ4n) is 3.71. The van der Waals surface area contributed by atoms with Crippen LogP contribution in [-0.4, -0.2) is 55.1 Å². The highest BCUT2D eigenvalue weighted by molar-refractivity contribution is 5.97. The Morgan fingerprint density at radius 1 is 1.14 bits per heavy atom. The standard InChI is InChI=1S/C22H24N4O3/c1-29-20-9-5-4-8-19(20)26-13-12-25(22(26)28)15-21(27)23-11-10-16-14-24-18-7-3-2-6-17(16)18/h2-9,14,24H,10-13,15H2,1H3,(H,23,27). The van der Waals surface area contributed by atoms with Gasteiger partial charge >= 0.3 is 6.03 Å². The minimum absolute atomic E-state index is 0.0539. The molecule has 1 aliphatic rings. The Labute approximate surface area is 169 Å². The van der Waals surface area contributed by atoms with Crippen molar-refractivity contribution in [2.75, 3.05) is 38.2 Å². The van der Waals surface area contributed by atoms with Gasteiger partial charge < -0.3 is 19.9 Å². The quantitative estimate of drug-likeness (QED) is 0.649. The van der Waals surface area contributed by atoms with Crippen LogP contribution in [0.2, 0.25) is 0 Å². The van der Waals surface area contributed by atoms with Crippen molar-refractivity contribution in [2.45, 2.75) is 6.42 Å². The number of methoxy groups -OCH3 is 1. The van der Waals surface area contributed by atoms with E-state index in [1.54, 1.807) is 16.9 Å².